The van der Waals surface area contributed by atoms with Crippen LogP contribution in [0.25, 0.3) is 0 Å². The molecule has 8 N–H and O–H groups in total. The molecule has 12 nitrogen and oxygen atoms in total. The van der Waals surface area contributed by atoms with Crippen molar-refractivity contribution in [2.24, 2.45) is 5.73 Å². The number of rotatable bonds is 13. The molecule has 3 amide bonds. The van der Waals surface area contributed by atoms with E-state index in [0.29, 0.717) is 5.56 Å². The summed E-state index contributed by atoms with van der Waals surface area (Å²) >= 11 is 0. The fourth-order valence-electron chi connectivity index (χ4n) is 2.76. The SMILES string of the molecule is CC(O)C(NC(=O)C(Cc1ccccc1)NC(=O)CN)C(=O)NC(CCC(=O)O)C(=O)O. The second-order valence-electron chi connectivity index (χ2n) is 7.07. The molecule has 0 spiro atoms. The number of nitrogens with one attached hydrogen (secondary N) is 3. The Morgan fingerprint density at radius 3 is 2.06 bits per heavy atom. The van der Waals surface area contributed by atoms with Crippen molar-refractivity contribution in [3.63, 3.8) is 0 Å². The van der Waals surface area contributed by atoms with Crippen LogP contribution in [0, 0.1) is 0 Å². The van der Waals surface area contributed by atoms with Crippen molar-refractivity contribution in [3.05, 3.63) is 35.9 Å². The lowest BCUT2D eigenvalue weighted by Crippen LogP contribution is -2.59. The summed E-state index contributed by atoms with van der Waals surface area (Å²) in [7, 11) is 0. The fraction of sp³-hybridized carbons (Fsp3) is 0.450. The Morgan fingerprint density at radius 1 is 0.938 bits per heavy atom. The predicted molar refractivity (Wildman–Crippen MR) is 111 cm³/mol. The summed E-state index contributed by atoms with van der Waals surface area (Å²) in [6, 6.07) is 4.50. The number of aliphatic hydroxyl groups is 1. The maximum Gasteiger partial charge on any atom is 0.326 e. The van der Waals surface area contributed by atoms with Crippen molar-refractivity contribution in [1.82, 2.24) is 16.0 Å². The minimum absolute atomic E-state index is 0.0723. The first kappa shape index (κ1) is 26.5. The molecule has 176 valence electrons. The highest BCUT2D eigenvalue weighted by atomic mass is 16.4. The molecule has 0 aliphatic rings. The van der Waals surface area contributed by atoms with Gasteiger partial charge in [0.2, 0.25) is 17.7 Å². The van der Waals surface area contributed by atoms with Gasteiger partial charge >= 0.3 is 11.9 Å². The second-order valence-corrected chi connectivity index (χ2v) is 7.07. The van der Waals surface area contributed by atoms with Crippen LogP contribution in [0.1, 0.15) is 25.3 Å². The summed E-state index contributed by atoms with van der Waals surface area (Å²) in [5, 5.41) is 34.8. The molecule has 0 aliphatic heterocycles. The zero-order valence-corrected chi connectivity index (χ0v) is 17.5. The van der Waals surface area contributed by atoms with Gasteiger partial charge in [-0.2, -0.15) is 0 Å². The molecular weight excluding hydrogens is 424 g/mol. The van der Waals surface area contributed by atoms with E-state index in [-0.39, 0.29) is 19.4 Å². The molecule has 4 unspecified atom stereocenters. The summed E-state index contributed by atoms with van der Waals surface area (Å²) < 4.78 is 0. The lowest BCUT2D eigenvalue weighted by molar-refractivity contribution is -0.144. The molecule has 0 bridgehead atoms. The van der Waals surface area contributed by atoms with Crippen LogP contribution in [-0.2, 0) is 30.4 Å². The highest BCUT2D eigenvalue weighted by Gasteiger charge is 2.32. The monoisotopic (exact) mass is 452 g/mol. The zero-order chi connectivity index (χ0) is 24.3. The van der Waals surface area contributed by atoms with E-state index in [1.165, 1.54) is 6.92 Å². The van der Waals surface area contributed by atoms with Crippen molar-refractivity contribution in [1.29, 1.82) is 0 Å². The Kier molecular flexibility index (Phi) is 10.8. The van der Waals surface area contributed by atoms with E-state index in [4.69, 9.17) is 10.8 Å². The lowest BCUT2D eigenvalue weighted by Gasteiger charge is -2.26. The van der Waals surface area contributed by atoms with Gasteiger partial charge < -0.3 is 37.0 Å². The van der Waals surface area contributed by atoms with Crippen molar-refractivity contribution < 1.29 is 39.3 Å². The number of carboxylic acid groups (broad SMARTS) is 2. The highest BCUT2D eigenvalue weighted by molar-refractivity contribution is 5.94. The van der Waals surface area contributed by atoms with Crippen molar-refractivity contribution >= 4 is 29.7 Å². The Balaban J connectivity index is 2.96. The third-order valence-corrected chi connectivity index (χ3v) is 4.44. The van der Waals surface area contributed by atoms with Crippen LogP contribution < -0.4 is 21.7 Å². The van der Waals surface area contributed by atoms with Gasteiger partial charge in [0, 0.05) is 12.8 Å². The Bertz CT molecular complexity index is 815. The predicted octanol–water partition coefficient (Wildman–Crippen LogP) is -2.03. The number of carboxylic acids is 2. The Labute approximate surface area is 184 Å². The average molecular weight is 452 g/mol. The number of amides is 3. The minimum atomic E-state index is -1.55. The molecule has 12 heteroatoms. The summed E-state index contributed by atoms with van der Waals surface area (Å²) in [4.78, 5) is 59.1. The fourth-order valence-corrected chi connectivity index (χ4v) is 2.76. The molecule has 1 aromatic rings. The first-order chi connectivity index (χ1) is 15.0. The van der Waals surface area contributed by atoms with E-state index >= 15 is 0 Å². The van der Waals surface area contributed by atoms with E-state index in [9.17, 15) is 34.2 Å². The quantitative estimate of drug-likeness (QED) is 0.176. The Hall–Kier alpha value is -3.51. The van der Waals surface area contributed by atoms with Crippen molar-refractivity contribution in [2.75, 3.05) is 6.54 Å². The van der Waals surface area contributed by atoms with E-state index in [0.717, 1.165) is 0 Å². The normalized spacial score (nSPS) is 14.3. The second kappa shape index (κ2) is 13.0. The van der Waals surface area contributed by atoms with E-state index in [1.807, 2.05) is 0 Å². The summed E-state index contributed by atoms with van der Waals surface area (Å²) in [5.41, 5.74) is 6.01. The molecule has 1 rings (SSSR count). The number of hydrogen-bond acceptors (Lipinski definition) is 7. The molecule has 0 aliphatic carbocycles. The van der Waals surface area contributed by atoms with Crippen LogP contribution >= 0.6 is 0 Å². The molecule has 0 fully saturated rings. The largest absolute Gasteiger partial charge is 0.481 e. The zero-order valence-electron chi connectivity index (χ0n) is 17.5. The molecule has 32 heavy (non-hydrogen) atoms. The number of hydrogen-bond donors (Lipinski definition) is 7. The number of benzene rings is 1. The van der Waals surface area contributed by atoms with Gasteiger partial charge in [0.15, 0.2) is 0 Å². The summed E-state index contributed by atoms with van der Waals surface area (Å²) in [5.74, 6) is -5.14. The molecular formula is C20H28N4O8. The topological polar surface area (TPSA) is 208 Å². The van der Waals surface area contributed by atoms with Gasteiger partial charge in [-0.1, -0.05) is 30.3 Å². The molecule has 0 saturated heterocycles. The molecule has 0 radical (unpaired) electrons. The van der Waals surface area contributed by atoms with Crippen LogP contribution in [0.4, 0.5) is 0 Å². The van der Waals surface area contributed by atoms with Crippen molar-refractivity contribution in [3.8, 4) is 0 Å². The van der Waals surface area contributed by atoms with Gasteiger partial charge in [-0.15, -0.1) is 0 Å². The molecule has 0 aromatic heterocycles. The molecule has 1 aromatic carbocycles. The highest BCUT2D eigenvalue weighted by Crippen LogP contribution is 2.06. The third-order valence-electron chi connectivity index (χ3n) is 4.44. The van der Waals surface area contributed by atoms with E-state index in [2.05, 4.69) is 16.0 Å². The average Bonchev–Trinajstić information content (AvgIpc) is 2.74. The summed E-state index contributed by atoms with van der Waals surface area (Å²) in [6.45, 7) is 0.838. The maximum atomic E-state index is 12.8. The van der Waals surface area contributed by atoms with Gasteiger partial charge in [0.25, 0.3) is 0 Å². The molecule has 0 heterocycles. The van der Waals surface area contributed by atoms with Crippen LogP contribution in [0.15, 0.2) is 30.3 Å². The van der Waals surface area contributed by atoms with Gasteiger partial charge in [0.1, 0.15) is 18.1 Å². The number of nitrogens with two attached hydrogens (primary N) is 1. The number of carbonyl (C=O) groups is 5. The first-order valence-electron chi connectivity index (χ1n) is 9.81. The van der Waals surface area contributed by atoms with Gasteiger partial charge in [-0.05, 0) is 18.9 Å². The standard InChI is InChI=1S/C20H28N4O8/c1-11(25)17(19(30)23-13(20(31)32)7-8-16(27)28)24-18(29)14(22-15(26)10-21)9-12-5-3-2-4-6-12/h2-6,11,13-14,17,25H,7-10,21H2,1H3,(H,22,26)(H,23,30)(H,24,29)(H,27,28)(H,31,32). The molecule has 0 saturated carbocycles. The summed E-state index contributed by atoms with van der Waals surface area (Å²) in [6.07, 6.45) is -2.24. The van der Waals surface area contributed by atoms with E-state index in [1.54, 1.807) is 30.3 Å². The van der Waals surface area contributed by atoms with E-state index < -0.39 is 60.3 Å². The molecule has 4 atom stereocenters. The number of aliphatic hydroxyl groups excluding tert-OH is 1. The maximum absolute atomic E-state index is 12.8. The van der Waals surface area contributed by atoms with Gasteiger partial charge in [-0.25, -0.2) is 4.79 Å². The van der Waals surface area contributed by atoms with Crippen LogP contribution in [-0.4, -0.2) is 75.8 Å². The third kappa shape index (κ3) is 9.10. The van der Waals surface area contributed by atoms with Crippen LogP contribution in [0.3, 0.4) is 0 Å². The number of carbonyl (C=O) groups excluding carboxylic acids is 3. The first-order valence-corrected chi connectivity index (χ1v) is 9.81. The smallest absolute Gasteiger partial charge is 0.326 e. The lowest BCUT2D eigenvalue weighted by atomic mass is 10.0. The van der Waals surface area contributed by atoms with Gasteiger partial charge in [0.05, 0.1) is 12.6 Å². The van der Waals surface area contributed by atoms with Crippen molar-refractivity contribution in [2.45, 2.75) is 50.4 Å². The van der Waals surface area contributed by atoms with Crippen LogP contribution in [0.5, 0.6) is 0 Å². The van der Waals surface area contributed by atoms with Gasteiger partial charge in [-0.3, -0.25) is 19.2 Å². The van der Waals surface area contributed by atoms with Crippen LogP contribution in [0.2, 0.25) is 0 Å². The number of aliphatic carboxylic acids is 2. The Morgan fingerprint density at radius 2 is 1.56 bits per heavy atom. The minimum Gasteiger partial charge on any atom is -0.481 e.